The van der Waals surface area contributed by atoms with Gasteiger partial charge < -0.3 is 0 Å². The minimum atomic E-state index is -0.171. The van der Waals surface area contributed by atoms with E-state index in [-0.39, 0.29) is 5.41 Å². The molecule has 0 saturated heterocycles. The summed E-state index contributed by atoms with van der Waals surface area (Å²) in [6, 6.07) is 65.8. The Bertz CT molecular complexity index is 3170. The molecule has 0 radical (unpaired) electrons. The van der Waals surface area contributed by atoms with Crippen LogP contribution in [-0.2, 0) is 5.41 Å². The fourth-order valence-electron chi connectivity index (χ4n) is 9.33. The molecule has 0 unspecified atom stereocenters. The highest BCUT2D eigenvalue weighted by atomic mass is 14.9. The number of benzene rings is 9. The smallest absolute Gasteiger partial charge is 0.161 e. The van der Waals surface area contributed by atoms with Crippen molar-refractivity contribution in [2.24, 2.45) is 0 Å². The molecule has 0 bridgehead atoms. The van der Waals surface area contributed by atoms with Crippen LogP contribution in [-0.4, -0.2) is 9.97 Å². The van der Waals surface area contributed by atoms with Crippen LogP contribution in [0.25, 0.3) is 99.2 Å². The van der Waals surface area contributed by atoms with Gasteiger partial charge >= 0.3 is 0 Å². The van der Waals surface area contributed by atoms with Gasteiger partial charge in [0.15, 0.2) is 5.82 Å². The van der Waals surface area contributed by atoms with Crippen molar-refractivity contribution in [2.45, 2.75) is 19.3 Å². The van der Waals surface area contributed by atoms with Crippen LogP contribution >= 0.6 is 0 Å². The van der Waals surface area contributed by atoms with Crippen LogP contribution in [0.15, 0.2) is 182 Å². The summed E-state index contributed by atoms with van der Waals surface area (Å²) in [5.41, 5.74) is 12.8. The van der Waals surface area contributed by atoms with Gasteiger partial charge in [-0.25, -0.2) is 9.97 Å². The number of hydrogen-bond donors (Lipinski definition) is 0. The average molecular weight is 701 g/mol. The third kappa shape index (κ3) is 4.81. The third-order valence-corrected chi connectivity index (χ3v) is 11.9. The zero-order valence-corrected chi connectivity index (χ0v) is 30.7. The number of nitrogens with zero attached hydrogens (tertiary/aromatic N) is 2. The average Bonchev–Trinajstić information content (AvgIpc) is 3.49. The zero-order valence-electron chi connectivity index (χ0n) is 30.7. The predicted molar refractivity (Wildman–Crippen MR) is 231 cm³/mol. The van der Waals surface area contributed by atoms with Crippen molar-refractivity contribution in [1.82, 2.24) is 9.97 Å². The Morgan fingerprint density at radius 2 is 0.945 bits per heavy atom. The van der Waals surface area contributed by atoms with Crippen LogP contribution in [0.2, 0.25) is 0 Å². The quantitative estimate of drug-likeness (QED) is 0.171. The Labute approximate surface area is 320 Å². The van der Waals surface area contributed by atoms with E-state index in [1.54, 1.807) is 0 Å². The first-order chi connectivity index (χ1) is 27.0. The summed E-state index contributed by atoms with van der Waals surface area (Å²) in [5.74, 6) is 0.717. The lowest BCUT2D eigenvalue weighted by molar-refractivity contribution is 0.662. The van der Waals surface area contributed by atoms with E-state index in [1.165, 1.54) is 71.1 Å². The molecule has 10 aromatic rings. The molecule has 1 aliphatic rings. The molecule has 1 aromatic heterocycles. The minimum absolute atomic E-state index is 0.171. The van der Waals surface area contributed by atoms with E-state index in [0.717, 1.165) is 33.5 Å². The van der Waals surface area contributed by atoms with Gasteiger partial charge in [0.25, 0.3) is 0 Å². The summed E-state index contributed by atoms with van der Waals surface area (Å²) in [4.78, 5) is 10.8. The van der Waals surface area contributed by atoms with E-state index >= 15 is 0 Å². The maximum absolute atomic E-state index is 5.43. The molecule has 2 nitrogen and oxygen atoms in total. The van der Waals surface area contributed by atoms with Crippen molar-refractivity contribution in [3.63, 3.8) is 0 Å². The van der Waals surface area contributed by atoms with Crippen LogP contribution < -0.4 is 0 Å². The van der Waals surface area contributed by atoms with E-state index in [1.807, 2.05) is 0 Å². The van der Waals surface area contributed by atoms with Crippen LogP contribution in [0.5, 0.6) is 0 Å². The van der Waals surface area contributed by atoms with Crippen LogP contribution in [0.3, 0.4) is 0 Å². The van der Waals surface area contributed by atoms with E-state index in [2.05, 4.69) is 196 Å². The highest BCUT2D eigenvalue weighted by Crippen LogP contribution is 2.55. The van der Waals surface area contributed by atoms with Gasteiger partial charge in [0.2, 0.25) is 0 Å². The van der Waals surface area contributed by atoms with Crippen molar-refractivity contribution >= 4 is 43.1 Å². The van der Waals surface area contributed by atoms with Crippen molar-refractivity contribution in [3.8, 4) is 56.2 Å². The summed E-state index contributed by atoms with van der Waals surface area (Å²) in [6.07, 6.45) is 0. The third-order valence-electron chi connectivity index (χ3n) is 11.9. The maximum atomic E-state index is 5.43. The molecule has 0 atom stereocenters. The van der Waals surface area contributed by atoms with Gasteiger partial charge in [0, 0.05) is 22.1 Å². The zero-order chi connectivity index (χ0) is 36.7. The van der Waals surface area contributed by atoms with E-state index < -0.39 is 0 Å². The molecule has 55 heavy (non-hydrogen) atoms. The molecule has 11 rings (SSSR count). The van der Waals surface area contributed by atoms with Gasteiger partial charge in [-0.05, 0) is 94.7 Å². The molecule has 0 amide bonds. The molecule has 1 aliphatic carbocycles. The SMILES string of the molecule is CC1(C)c2ccc3ccccc3c2-c2cccc(-c3ccc(-c4nc(-c5ccccc5)cc(-c5cc6ccccc6c6ccccc56)n4)c4ccccc34)c21. The fraction of sp³-hybridized carbons (Fsp3) is 0.0566. The second-order valence-corrected chi connectivity index (χ2v) is 15.3. The monoisotopic (exact) mass is 700 g/mol. The summed E-state index contributed by atoms with van der Waals surface area (Å²) in [7, 11) is 0. The molecule has 258 valence electrons. The van der Waals surface area contributed by atoms with Gasteiger partial charge in [-0.15, -0.1) is 0 Å². The Balaban J connectivity index is 1.14. The lowest BCUT2D eigenvalue weighted by atomic mass is 9.78. The Kier molecular flexibility index (Phi) is 6.93. The standard InChI is InChI=1S/C53H36N2/c1-53(2)47-30-27-33-15-6-9-20-37(33)50(47)45-26-14-25-43(51(45)53)42-28-29-44(40-23-12-11-22-39(40)42)52-54-48(34-16-4-3-5-17-34)32-49(55-52)46-31-35-18-7-8-19-36(35)38-21-10-13-24-41(38)46/h3-32H,1-2H3. The van der Waals surface area contributed by atoms with Crippen molar-refractivity contribution in [1.29, 1.82) is 0 Å². The number of aromatic nitrogens is 2. The summed E-state index contributed by atoms with van der Waals surface area (Å²) in [5, 5.41) is 9.76. The maximum Gasteiger partial charge on any atom is 0.161 e. The first-order valence-electron chi connectivity index (χ1n) is 19.1. The van der Waals surface area contributed by atoms with Gasteiger partial charge in [-0.1, -0.05) is 178 Å². The van der Waals surface area contributed by atoms with E-state index in [0.29, 0.717) is 5.82 Å². The van der Waals surface area contributed by atoms with Crippen LogP contribution in [0.4, 0.5) is 0 Å². The number of rotatable bonds is 4. The largest absolute Gasteiger partial charge is 0.228 e. The first kappa shape index (κ1) is 31.6. The Morgan fingerprint density at radius 1 is 0.364 bits per heavy atom. The summed E-state index contributed by atoms with van der Waals surface area (Å²) in [6.45, 7) is 4.76. The molecular formula is C53H36N2. The molecule has 0 saturated carbocycles. The molecule has 0 spiro atoms. The molecule has 2 heteroatoms. The number of hydrogen-bond acceptors (Lipinski definition) is 2. The van der Waals surface area contributed by atoms with E-state index in [9.17, 15) is 0 Å². The topological polar surface area (TPSA) is 25.8 Å². The lowest BCUT2D eigenvalue weighted by Gasteiger charge is -2.25. The van der Waals surface area contributed by atoms with Crippen LogP contribution in [0, 0.1) is 0 Å². The highest BCUT2D eigenvalue weighted by Gasteiger charge is 2.38. The number of fused-ring (bicyclic) bond motifs is 9. The molecule has 0 aliphatic heterocycles. The second-order valence-electron chi connectivity index (χ2n) is 15.3. The Morgan fingerprint density at radius 3 is 1.73 bits per heavy atom. The second kappa shape index (κ2) is 12.1. The lowest BCUT2D eigenvalue weighted by Crippen LogP contribution is -2.16. The predicted octanol–water partition coefficient (Wildman–Crippen LogP) is 14.1. The minimum Gasteiger partial charge on any atom is -0.228 e. The van der Waals surface area contributed by atoms with Crippen LogP contribution in [0.1, 0.15) is 25.0 Å². The van der Waals surface area contributed by atoms with Gasteiger partial charge in [-0.2, -0.15) is 0 Å². The summed E-state index contributed by atoms with van der Waals surface area (Å²) >= 11 is 0. The molecule has 0 fully saturated rings. The van der Waals surface area contributed by atoms with Crippen molar-refractivity contribution < 1.29 is 0 Å². The normalized spacial score (nSPS) is 13.1. The molecular weight excluding hydrogens is 665 g/mol. The Hall–Kier alpha value is -6.90. The highest BCUT2D eigenvalue weighted by molar-refractivity contribution is 6.14. The molecule has 9 aromatic carbocycles. The fourth-order valence-corrected chi connectivity index (χ4v) is 9.33. The van der Waals surface area contributed by atoms with Gasteiger partial charge in [-0.3, -0.25) is 0 Å². The van der Waals surface area contributed by atoms with Gasteiger partial charge in [0.1, 0.15) is 0 Å². The van der Waals surface area contributed by atoms with Gasteiger partial charge in [0.05, 0.1) is 11.4 Å². The van der Waals surface area contributed by atoms with Crippen molar-refractivity contribution in [3.05, 3.63) is 193 Å². The van der Waals surface area contributed by atoms with Crippen molar-refractivity contribution in [2.75, 3.05) is 0 Å². The first-order valence-corrected chi connectivity index (χ1v) is 19.1. The molecule has 0 N–H and O–H groups in total. The summed E-state index contributed by atoms with van der Waals surface area (Å²) < 4.78 is 0. The van der Waals surface area contributed by atoms with E-state index in [4.69, 9.17) is 9.97 Å². The molecule has 1 heterocycles.